The number of aryl methyl sites for hydroxylation is 1. The summed E-state index contributed by atoms with van der Waals surface area (Å²) in [6, 6.07) is 25.6. The van der Waals surface area contributed by atoms with Crippen LogP contribution in [0.4, 0.5) is 10.8 Å². The highest BCUT2D eigenvalue weighted by molar-refractivity contribution is 8.01. The van der Waals surface area contributed by atoms with E-state index in [1.54, 1.807) is 11.8 Å². The molecule has 0 radical (unpaired) electrons. The van der Waals surface area contributed by atoms with Gasteiger partial charge in [0.05, 0.1) is 6.61 Å². The van der Waals surface area contributed by atoms with Crippen LogP contribution in [0.5, 0.6) is 17.2 Å². The highest BCUT2D eigenvalue weighted by atomic mass is 32.2. The molecule has 0 spiro atoms. The lowest BCUT2D eigenvalue weighted by Gasteiger charge is -2.07. The Balaban J connectivity index is 1.23. The molecular formula is C23H21N3O2S2. The van der Waals surface area contributed by atoms with E-state index >= 15 is 0 Å². The molecule has 7 heteroatoms. The van der Waals surface area contributed by atoms with Crippen LogP contribution >= 0.6 is 23.1 Å². The maximum absolute atomic E-state index is 5.81. The van der Waals surface area contributed by atoms with Crippen LogP contribution in [0, 0.1) is 6.92 Å². The minimum atomic E-state index is 0.624. The van der Waals surface area contributed by atoms with Crippen molar-refractivity contribution in [3.63, 3.8) is 0 Å². The molecule has 4 aromatic rings. The molecule has 4 rings (SSSR count). The summed E-state index contributed by atoms with van der Waals surface area (Å²) in [4.78, 5) is 0. The molecule has 1 aromatic heterocycles. The second-order valence-corrected chi connectivity index (χ2v) is 8.77. The predicted octanol–water partition coefficient (Wildman–Crippen LogP) is 6.55. The predicted molar refractivity (Wildman–Crippen MR) is 124 cm³/mol. The van der Waals surface area contributed by atoms with E-state index in [1.807, 2.05) is 78.9 Å². The summed E-state index contributed by atoms with van der Waals surface area (Å²) < 4.78 is 12.5. The van der Waals surface area contributed by atoms with E-state index in [-0.39, 0.29) is 0 Å². The van der Waals surface area contributed by atoms with Gasteiger partial charge in [0.1, 0.15) is 17.2 Å². The fraction of sp³-hybridized carbons (Fsp3) is 0.130. The minimum absolute atomic E-state index is 0.624. The Hall–Kier alpha value is -3.03. The fourth-order valence-electron chi connectivity index (χ4n) is 2.60. The van der Waals surface area contributed by atoms with E-state index in [2.05, 4.69) is 22.4 Å². The van der Waals surface area contributed by atoms with Crippen LogP contribution in [-0.4, -0.2) is 22.6 Å². The number of anilines is 2. The van der Waals surface area contributed by atoms with E-state index in [0.717, 1.165) is 38.2 Å². The van der Waals surface area contributed by atoms with Crippen LogP contribution in [0.1, 0.15) is 5.56 Å². The number of aromatic nitrogens is 2. The van der Waals surface area contributed by atoms with Crippen molar-refractivity contribution >= 4 is 33.9 Å². The Morgan fingerprint density at radius 2 is 1.53 bits per heavy atom. The normalized spacial score (nSPS) is 10.6. The molecule has 0 amide bonds. The molecule has 0 atom stereocenters. The lowest BCUT2D eigenvalue weighted by Crippen LogP contribution is -1.99. The molecule has 0 bridgehead atoms. The number of ether oxygens (including phenoxy) is 2. The number of thioether (sulfide) groups is 1. The van der Waals surface area contributed by atoms with Gasteiger partial charge in [-0.25, -0.2) is 0 Å². The zero-order valence-electron chi connectivity index (χ0n) is 16.4. The van der Waals surface area contributed by atoms with E-state index in [1.165, 1.54) is 16.9 Å². The molecule has 5 nitrogen and oxygen atoms in total. The van der Waals surface area contributed by atoms with Crippen molar-refractivity contribution in [3.05, 3.63) is 84.4 Å². The fourth-order valence-corrected chi connectivity index (χ4v) is 4.26. The van der Waals surface area contributed by atoms with Crippen molar-refractivity contribution in [2.24, 2.45) is 0 Å². The maximum atomic E-state index is 5.81. The molecule has 152 valence electrons. The van der Waals surface area contributed by atoms with E-state index in [0.29, 0.717) is 6.61 Å². The monoisotopic (exact) mass is 435 g/mol. The summed E-state index contributed by atoms with van der Waals surface area (Å²) in [6.07, 6.45) is 0. The zero-order chi connectivity index (χ0) is 20.6. The van der Waals surface area contributed by atoms with Gasteiger partial charge >= 0.3 is 0 Å². The van der Waals surface area contributed by atoms with Crippen molar-refractivity contribution < 1.29 is 9.47 Å². The molecule has 0 aliphatic rings. The molecule has 0 saturated carbocycles. The molecule has 30 heavy (non-hydrogen) atoms. The van der Waals surface area contributed by atoms with Crippen LogP contribution < -0.4 is 14.8 Å². The standard InChI is InChI=1S/C23H21N3O2S2/c1-17-7-11-19(12-8-17)27-15-16-29-23-26-25-22(30-23)24-18-9-13-21(14-10-18)28-20-5-3-2-4-6-20/h2-14H,15-16H2,1H3,(H,24,25). The molecule has 0 saturated heterocycles. The van der Waals surface area contributed by atoms with Crippen LogP contribution in [0.2, 0.25) is 0 Å². The number of para-hydroxylation sites is 1. The largest absolute Gasteiger partial charge is 0.493 e. The third-order valence-corrected chi connectivity index (χ3v) is 6.03. The van der Waals surface area contributed by atoms with Gasteiger partial charge < -0.3 is 14.8 Å². The lowest BCUT2D eigenvalue weighted by atomic mass is 10.2. The van der Waals surface area contributed by atoms with Gasteiger partial charge in [0, 0.05) is 11.4 Å². The minimum Gasteiger partial charge on any atom is -0.493 e. The summed E-state index contributed by atoms with van der Waals surface area (Å²) in [6.45, 7) is 2.69. The Morgan fingerprint density at radius 3 is 2.30 bits per heavy atom. The van der Waals surface area contributed by atoms with Gasteiger partial charge in [-0.05, 0) is 55.5 Å². The molecule has 1 N–H and O–H groups in total. The average Bonchev–Trinajstić information content (AvgIpc) is 3.22. The molecule has 0 unspecified atom stereocenters. The van der Waals surface area contributed by atoms with E-state index < -0.39 is 0 Å². The number of rotatable bonds is 9. The van der Waals surface area contributed by atoms with Crippen LogP contribution in [-0.2, 0) is 0 Å². The van der Waals surface area contributed by atoms with Crippen LogP contribution in [0.25, 0.3) is 0 Å². The summed E-state index contributed by atoms with van der Waals surface area (Å²) in [7, 11) is 0. The zero-order valence-corrected chi connectivity index (χ0v) is 18.1. The van der Waals surface area contributed by atoms with Gasteiger partial charge in [-0.1, -0.05) is 59.0 Å². The quantitative estimate of drug-likeness (QED) is 0.237. The summed E-state index contributed by atoms with van der Waals surface area (Å²) in [5.41, 5.74) is 2.16. The molecule has 1 heterocycles. The highest BCUT2D eigenvalue weighted by Crippen LogP contribution is 2.29. The Labute approximate surface area is 184 Å². The lowest BCUT2D eigenvalue weighted by molar-refractivity contribution is 0.344. The number of hydrogen-bond acceptors (Lipinski definition) is 7. The van der Waals surface area contributed by atoms with Crippen molar-refractivity contribution in [2.45, 2.75) is 11.3 Å². The number of benzene rings is 3. The van der Waals surface area contributed by atoms with Crippen LogP contribution in [0.3, 0.4) is 0 Å². The molecule has 0 aliphatic heterocycles. The Kier molecular flexibility index (Phi) is 6.84. The number of hydrogen-bond donors (Lipinski definition) is 1. The summed E-state index contributed by atoms with van der Waals surface area (Å²) in [5.74, 6) is 3.30. The topological polar surface area (TPSA) is 56.3 Å². The van der Waals surface area contributed by atoms with Gasteiger partial charge in [0.2, 0.25) is 5.13 Å². The Bertz CT molecular complexity index is 1050. The van der Waals surface area contributed by atoms with E-state index in [9.17, 15) is 0 Å². The van der Waals surface area contributed by atoms with Crippen molar-refractivity contribution in [2.75, 3.05) is 17.7 Å². The number of nitrogens with one attached hydrogen (secondary N) is 1. The first-order valence-corrected chi connectivity index (χ1v) is 11.3. The van der Waals surface area contributed by atoms with Crippen molar-refractivity contribution in [3.8, 4) is 17.2 Å². The SMILES string of the molecule is Cc1ccc(OCCSc2nnc(Nc3ccc(Oc4ccccc4)cc3)s2)cc1. The van der Waals surface area contributed by atoms with Gasteiger partial charge in [0.25, 0.3) is 0 Å². The summed E-state index contributed by atoms with van der Waals surface area (Å²) >= 11 is 3.16. The first kappa shape index (κ1) is 20.3. The third-order valence-electron chi connectivity index (χ3n) is 4.09. The Morgan fingerprint density at radius 1 is 0.833 bits per heavy atom. The third kappa shape index (κ3) is 5.98. The molecule has 0 fully saturated rings. The molecule has 3 aromatic carbocycles. The van der Waals surface area contributed by atoms with Crippen molar-refractivity contribution in [1.82, 2.24) is 10.2 Å². The second-order valence-electron chi connectivity index (χ2n) is 6.45. The summed E-state index contributed by atoms with van der Waals surface area (Å²) in [5, 5.41) is 12.5. The smallest absolute Gasteiger partial charge is 0.210 e. The van der Waals surface area contributed by atoms with Gasteiger partial charge in [0.15, 0.2) is 4.34 Å². The van der Waals surface area contributed by atoms with Crippen LogP contribution in [0.15, 0.2) is 83.2 Å². The molecule has 0 aliphatic carbocycles. The van der Waals surface area contributed by atoms with Crippen molar-refractivity contribution in [1.29, 1.82) is 0 Å². The van der Waals surface area contributed by atoms with E-state index in [4.69, 9.17) is 9.47 Å². The van der Waals surface area contributed by atoms with Gasteiger partial charge in [-0.15, -0.1) is 10.2 Å². The first-order chi connectivity index (χ1) is 14.7. The highest BCUT2D eigenvalue weighted by Gasteiger charge is 2.06. The first-order valence-electron chi connectivity index (χ1n) is 9.50. The maximum Gasteiger partial charge on any atom is 0.210 e. The van der Waals surface area contributed by atoms with Gasteiger partial charge in [-0.2, -0.15) is 0 Å². The van der Waals surface area contributed by atoms with Gasteiger partial charge in [-0.3, -0.25) is 0 Å². The molecular weight excluding hydrogens is 414 g/mol. The average molecular weight is 436 g/mol. The second kappa shape index (κ2) is 10.1. The number of nitrogens with zero attached hydrogens (tertiary/aromatic N) is 2.